The number of fused-ring (bicyclic) bond motifs is 2. The van der Waals surface area contributed by atoms with E-state index in [2.05, 4.69) is 30.1 Å². The van der Waals surface area contributed by atoms with Crippen molar-refractivity contribution in [3.05, 3.63) is 66.5 Å². The van der Waals surface area contributed by atoms with E-state index in [0.717, 1.165) is 27.9 Å². The molecular weight excluding hydrogens is 600 g/mol. The van der Waals surface area contributed by atoms with Gasteiger partial charge in [0.2, 0.25) is 17.7 Å². The van der Waals surface area contributed by atoms with E-state index in [9.17, 15) is 31.9 Å². The maximum absolute atomic E-state index is 14.5. The molecule has 1 aromatic carbocycles. The van der Waals surface area contributed by atoms with Crippen LogP contribution in [0.3, 0.4) is 0 Å². The minimum atomic E-state index is -5.02. The van der Waals surface area contributed by atoms with Gasteiger partial charge in [0.25, 0.3) is 0 Å². The van der Waals surface area contributed by atoms with E-state index in [1.807, 2.05) is 31.3 Å². The highest BCUT2D eigenvalue weighted by atomic mass is 19.4. The van der Waals surface area contributed by atoms with E-state index in [1.54, 1.807) is 21.3 Å². The normalized spacial score (nSPS) is 16.8. The van der Waals surface area contributed by atoms with Crippen molar-refractivity contribution >= 4 is 40.0 Å². The summed E-state index contributed by atoms with van der Waals surface area (Å²) in [7, 11) is 0. The zero-order valence-corrected chi connectivity index (χ0v) is 23.7. The molecule has 16 heteroatoms. The van der Waals surface area contributed by atoms with Crippen LogP contribution in [0.2, 0.25) is 0 Å². The lowest BCUT2D eigenvalue weighted by atomic mass is 10.0. The predicted molar refractivity (Wildman–Crippen MR) is 151 cm³/mol. The van der Waals surface area contributed by atoms with Gasteiger partial charge in [0, 0.05) is 53.1 Å². The molecule has 1 fully saturated rings. The molecule has 0 unspecified atom stereocenters. The molecule has 12 nitrogen and oxygen atoms in total. The Morgan fingerprint density at radius 1 is 1.09 bits per heavy atom. The minimum absolute atomic E-state index is 0.236. The summed E-state index contributed by atoms with van der Waals surface area (Å²) in [5, 5.41) is 7.26. The molecular formula is C29H24F4N8O4. The average molecular weight is 625 g/mol. The second-order valence-electron chi connectivity index (χ2n) is 10.6. The molecule has 1 aliphatic heterocycles. The van der Waals surface area contributed by atoms with E-state index in [-0.39, 0.29) is 31.1 Å². The quantitative estimate of drug-likeness (QED) is 0.211. The highest BCUT2D eigenvalue weighted by Crippen LogP contribution is 2.30. The number of ether oxygens (including phenoxy) is 1. The number of hydrogen-bond donors (Lipinski definition) is 1. The molecule has 45 heavy (non-hydrogen) atoms. The third-order valence-electron chi connectivity index (χ3n) is 7.29. The van der Waals surface area contributed by atoms with Crippen LogP contribution in [0.15, 0.2) is 55.2 Å². The van der Waals surface area contributed by atoms with Crippen molar-refractivity contribution in [2.75, 3.05) is 11.9 Å². The highest BCUT2D eigenvalue weighted by Gasteiger charge is 2.40. The van der Waals surface area contributed by atoms with Gasteiger partial charge < -0.3 is 19.5 Å². The van der Waals surface area contributed by atoms with Crippen LogP contribution < -0.4 is 10.1 Å². The van der Waals surface area contributed by atoms with E-state index in [4.69, 9.17) is 0 Å². The minimum Gasteiger partial charge on any atom is -0.386 e. The monoisotopic (exact) mass is 624 g/mol. The van der Waals surface area contributed by atoms with Crippen molar-refractivity contribution in [1.29, 1.82) is 0 Å². The molecule has 2 amide bonds. The predicted octanol–water partition coefficient (Wildman–Crippen LogP) is 4.13. The van der Waals surface area contributed by atoms with Gasteiger partial charge in [0.15, 0.2) is 17.2 Å². The molecule has 1 saturated heterocycles. The van der Waals surface area contributed by atoms with Crippen molar-refractivity contribution in [2.24, 2.45) is 0 Å². The van der Waals surface area contributed by atoms with E-state index in [0.29, 0.717) is 28.3 Å². The number of hydrogen-bond acceptors (Lipinski definition) is 8. The molecule has 1 N–H and O–H groups in total. The Morgan fingerprint density at radius 2 is 1.89 bits per heavy atom. The number of carbonyl (C=O) groups excluding carboxylic acids is 3. The van der Waals surface area contributed by atoms with Gasteiger partial charge >= 0.3 is 6.36 Å². The van der Waals surface area contributed by atoms with Gasteiger partial charge in [-0.05, 0) is 31.5 Å². The first-order valence-corrected chi connectivity index (χ1v) is 13.6. The van der Waals surface area contributed by atoms with E-state index < -0.39 is 36.3 Å². The van der Waals surface area contributed by atoms with Crippen LogP contribution in [0, 0.1) is 6.92 Å². The number of likely N-dealkylation sites (tertiary alicyclic amines) is 1. The molecule has 6 rings (SSSR count). The summed E-state index contributed by atoms with van der Waals surface area (Å²) in [6, 6.07) is 5.96. The summed E-state index contributed by atoms with van der Waals surface area (Å²) in [5.41, 5.74) is 3.95. The zero-order chi connectivity index (χ0) is 32.0. The number of nitrogens with zero attached hydrogens (tertiary/aromatic N) is 7. The first-order chi connectivity index (χ1) is 21.3. The van der Waals surface area contributed by atoms with Gasteiger partial charge in [-0.15, -0.1) is 13.2 Å². The molecule has 232 valence electrons. The molecule has 0 bridgehead atoms. The van der Waals surface area contributed by atoms with Crippen LogP contribution in [-0.4, -0.2) is 76.8 Å². The van der Waals surface area contributed by atoms with Gasteiger partial charge in [0.1, 0.15) is 18.8 Å². The summed E-state index contributed by atoms with van der Waals surface area (Å²) >= 11 is 0. The Labute approximate surface area is 251 Å². The number of carbonyl (C=O) groups is 3. The van der Waals surface area contributed by atoms with Crippen molar-refractivity contribution < 1.29 is 36.7 Å². The van der Waals surface area contributed by atoms with Crippen molar-refractivity contribution in [3.63, 3.8) is 0 Å². The zero-order valence-electron chi connectivity index (χ0n) is 23.7. The second-order valence-corrected chi connectivity index (χ2v) is 10.6. The molecule has 5 aromatic rings. The molecule has 0 saturated carbocycles. The number of nitrogens with one attached hydrogen (secondary N) is 1. The maximum atomic E-state index is 14.5. The number of rotatable bonds is 7. The molecule has 5 heterocycles. The van der Waals surface area contributed by atoms with Gasteiger partial charge in [-0.25, -0.2) is 13.9 Å². The topological polar surface area (TPSA) is 137 Å². The third kappa shape index (κ3) is 6.16. The Morgan fingerprint density at radius 3 is 2.64 bits per heavy atom. The Bertz CT molecular complexity index is 1970. The lowest BCUT2D eigenvalue weighted by Crippen LogP contribution is -2.44. The number of anilines is 1. The number of Topliss-reactive ketones (excluding diaryl/α,β-unsaturated/α-hetero) is 1. The van der Waals surface area contributed by atoms with Crippen molar-refractivity contribution in [1.82, 2.24) is 34.0 Å². The van der Waals surface area contributed by atoms with Crippen molar-refractivity contribution in [3.8, 4) is 17.0 Å². The summed E-state index contributed by atoms with van der Waals surface area (Å²) < 4.78 is 59.1. The van der Waals surface area contributed by atoms with Gasteiger partial charge in [-0.3, -0.25) is 19.4 Å². The van der Waals surface area contributed by atoms with Gasteiger partial charge in [-0.2, -0.15) is 10.1 Å². The molecule has 0 aliphatic carbocycles. The Kier molecular flexibility index (Phi) is 7.42. The van der Waals surface area contributed by atoms with E-state index in [1.165, 1.54) is 13.1 Å². The van der Waals surface area contributed by atoms with Crippen LogP contribution in [0.1, 0.15) is 29.4 Å². The molecule has 0 radical (unpaired) electrons. The fourth-order valence-electron chi connectivity index (χ4n) is 5.36. The highest BCUT2D eigenvalue weighted by molar-refractivity contribution is 6.08. The van der Waals surface area contributed by atoms with Crippen LogP contribution in [-0.2, 0) is 16.1 Å². The fourth-order valence-corrected chi connectivity index (χ4v) is 5.36. The number of aromatic nitrogens is 6. The third-order valence-corrected chi connectivity index (χ3v) is 7.29. The van der Waals surface area contributed by atoms with Crippen LogP contribution in [0.4, 0.5) is 23.4 Å². The molecule has 0 spiro atoms. The number of alkyl halides is 4. The SMILES string of the molecule is CC(=O)c1cn(CC(=O)N2C[C@H](F)C[C@H]2C(=O)Nc2cncc(OC(F)(F)F)n2)c2ccc(-c3cnc4cc(C)nn4c3)cc12. The lowest BCUT2D eigenvalue weighted by Gasteiger charge is -2.24. The second kappa shape index (κ2) is 11.3. The number of amides is 2. The van der Waals surface area contributed by atoms with Crippen molar-refractivity contribution in [2.45, 2.75) is 45.4 Å². The first-order valence-electron chi connectivity index (χ1n) is 13.6. The fraction of sp³-hybridized carbons (Fsp3) is 0.276. The Hall–Kier alpha value is -5.41. The number of aryl methyl sites for hydroxylation is 1. The standard InChI is InChI=1S/C29H24F4N8O4/c1-15-5-25-35-8-18(11-41(25)38-15)17-3-4-22-20(6-17)21(16(2)42)13-39(22)14-27(43)40-12-19(30)7-23(40)28(44)37-24-9-34-10-26(36-24)45-29(31,32)33/h3-6,8-11,13,19,23H,7,12,14H2,1-2H3,(H,36,37,44)/t19-,23+/m1/s1. The largest absolute Gasteiger partial charge is 0.574 e. The van der Waals surface area contributed by atoms with E-state index >= 15 is 0 Å². The maximum Gasteiger partial charge on any atom is 0.574 e. The van der Waals surface area contributed by atoms with Crippen LogP contribution in [0.25, 0.3) is 27.7 Å². The number of benzene rings is 1. The number of halogens is 4. The van der Waals surface area contributed by atoms with Gasteiger partial charge in [0.05, 0.1) is 24.6 Å². The van der Waals surface area contributed by atoms with Crippen LogP contribution in [0.5, 0.6) is 5.88 Å². The summed E-state index contributed by atoms with van der Waals surface area (Å²) in [4.78, 5) is 51.7. The molecule has 1 aliphatic rings. The lowest BCUT2D eigenvalue weighted by molar-refractivity contribution is -0.276. The molecule has 2 atom stereocenters. The van der Waals surface area contributed by atoms with Gasteiger partial charge in [-0.1, -0.05) is 6.07 Å². The summed E-state index contributed by atoms with van der Waals surface area (Å²) in [6.07, 6.45) is -0.115. The Balaban J connectivity index is 1.24. The van der Waals surface area contributed by atoms with Crippen LogP contribution >= 0.6 is 0 Å². The average Bonchev–Trinajstić information content (AvgIpc) is 3.65. The molecule has 4 aromatic heterocycles. The first kappa shape index (κ1) is 29.7. The summed E-state index contributed by atoms with van der Waals surface area (Å²) in [5.74, 6) is -2.96. The summed E-state index contributed by atoms with van der Waals surface area (Å²) in [6.45, 7) is 2.58. The number of ketones is 1. The smallest absolute Gasteiger partial charge is 0.386 e.